The number of fused-ring (bicyclic) bond motifs is 1. The summed E-state index contributed by atoms with van der Waals surface area (Å²) in [5.74, 6) is -0.458. The van der Waals surface area contributed by atoms with Crippen LogP contribution < -0.4 is 11.2 Å². The second-order valence-electron chi connectivity index (χ2n) is 5.45. The molecule has 0 unspecified atom stereocenters. The number of hydrogen-bond donors (Lipinski definition) is 0. The normalized spacial score (nSPS) is 11.3. The maximum atomic E-state index is 12.7. The molecule has 9 heteroatoms. The lowest BCUT2D eigenvalue weighted by molar-refractivity contribution is -0.143. The Balaban J connectivity index is 2.55. The average molecular weight is 323 g/mol. The van der Waals surface area contributed by atoms with E-state index >= 15 is 0 Å². The molecule has 23 heavy (non-hydrogen) atoms. The summed E-state index contributed by atoms with van der Waals surface area (Å²) in [6, 6.07) is 0. The summed E-state index contributed by atoms with van der Waals surface area (Å²) >= 11 is 0. The van der Waals surface area contributed by atoms with Gasteiger partial charge in [-0.3, -0.25) is 18.7 Å². The van der Waals surface area contributed by atoms with Crippen molar-refractivity contribution in [2.24, 2.45) is 7.05 Å². The van der Waals surface area contributed by atoms with Gasteiger partial charge in [-0.15, -0.1) is 0 Å². The first-order chi connectivity index (χ1) is 10.9. The van der Waals surface area contributed by atoms with Crippen molar-refractivity contribution in [1.82, 2.24) is 23.6 Å². The maximum Gasteiger partial charge on any atom is 0.332 e. The molecular weight excluding hydrogens is 302 g/mol. The zero-order chi connectivity index (χ0) is 17.1. The Morgan fingerprint density at radius 1 is 1.35 bits per heavy atom. The first kappa shape index (κ1) is 16.9. The second-order valence-corrected chi connectivity index (χ2v) is 5.45. The van der Waals surface area contributed by atoms with Crippen LogP contribution in [0, 0.1) is 0 Å². The van der Waals surface area contributed by atoms with Gasteiger partial charge < -0.3 is 14.2 Å². The van der Waals surface area contributed by atoms with Gasteiger partial charge in [0.2, 0.25) is 0 Å². The SMILES string of the molecule is CCOC(=O)Cn1cnc2c1c(=O)n(CCN(C)C)c(=O)n2C. The number of rotatable bonds is 6. The standard InChI is InChI=1S/C14H21N5O4/c1-5-23-10(20)8-18-9-15-12-11(18)13(21)19(7-6-16(2)3)14(22)17(12)4/h9H,5-8H2,1-4H3. The van der Waals surface area contributed by atoms with Crippen LogP contribution in [0.5, 0.6) is 0 Å². The van der Waals surface area contributed by atoms with Crippen LogP contribution in [-0.2, 0) is 29.7 Å². The predicted molar refractivity (Wildman–Crippen MR) is 84.4 cm³/mol. The van der Waals surface area contributed by atoms with Crippen LogP contribution in [-0.4, -0.2) is 56.8 Å². The van der Waals surface area contributed by atoms with E-state index in [1.165, 1.54) is 15.5 Å². The molecule has 2 aromatic heterocycles. The molecule has 2 rings (SSSR count). The van der Waals surface area contributed by atoms with Crippen molar-refractivity contribution in [3.8, 4) is 0 Å². The van der Waals surface area contributed by atoms with E-state index in [0.717, 1.165) is 4.57 Å². The molecule has 0 N–H and O–H groups in total. The Morgan fingerprint density at radius 3 is 2.65 bits per heavy atom. The van der Waals surface area contributed by atoms with Crippen LogP contribution in [0.25, 0.3) is 11.2 Å². The van der Waals surface area contributed by atoms with Crippen molar-refractivity contribution in [3.63, 3.8) is 0 Å². The smallest absolute Gasteiger partial charge is 0.332 e. The van der Waals surface area contributed by atoms with E-state index in [1.807, 2.05) is 19.0 Å². The van der Waals surface area contributed by atoms with Crippen molar-refractivity contribution in [3.05, 3.63) is 27.2 Å². The minimum absolute atomic E-state index is 0.120. The zero-order valence-corrected chi connectivity index (χ0v) is 13.8. The molecular formula is C14H21N5O4. The second kappa shape index (κ2) is 6.78. The highest BCUT2D eigenvalue weighted by atomic mass is 16.5. The Morgan fingerprint density at radius 2 is 2.04 bits per heavy atom. The first-order valence-corrected chi connectivity index (χ1v) is 7.31. The summed E-state index contributed by atoms with van der Waals surface area (Å²) in [5, 5.41) is 0. The lowest BCUT2D eigenvalue weighted by Crippen LogP contribution is -2.41. The van der Waals surface area contributed by atoms with Crippen LogP contribution in [0.1, 0.15) is 6.92 Å². The summed E-state index contributed by atoms with van der Waals surface area (Å²) in [6.45, 7) is 2.66. The molecule has 0 aliphatic carbocycles. The fourth-order valence-electron chi connectivity index (χ4n) is 2.28. The van der Waals surface area contributed by atoms with Crippen LogP contribution >= 0.6 is 0 Å². The number of aromatic nitrogens is 4. The molecule has 0 bridgehead atoms. The lowest BCUT2D eigenvalue weighted by Gasteiger charge is -2.12. The number of likely N-dealkylation sites (N-methyl/N-ethyl adjacent to an activating group) is 1. The van der Waals surface area contributed by atoms with E-state index in [2.05, 4.69) is 4.98 Å². The van der Waals surface area contributed by atoms with Gasteiger partial charge in [0.1, 0.15) is 6.54 Å². The maximum absolute atomic E-state index is 12.7. The van der Waals surface area contributed by atoms with Crippen molar-refractivity contribution in [2.75, 3.05) is 27.2 Å². The number of ether oxygens (including phenoxy) is 1. The Bertz CT molecular complexity index is 830. The minimum atomic E-state index is -0.458. The molecule has 2 aromatic rings. The van der Waals surface area contributed by atoms with E-state index in [4.69, 9.17) is 4.74 Å². The fourth-order valence-corrected chi connectivity index (χ4v) is 2.28. The van der Waals surface area contributed by atoms with Gasteiger partial charge in [-0.05, 0) is 21.0 Å². The van der Waals surface area contributed by atoms with Crippen molar-refractivity contribution in [2.45, 2.75) is 20.0 Å². The molecule has 0 amide bonds. The molecule has 0 fully saturated rings. The fraction of sp³-hybridized carbons (Fsp3) is 0.571. The third-order valence-electron chi connectivity index (χ3n) is 3.48. The number of aryl methyl sites for hydroxylation is 1. The van der Waals surface area contributed by atoms with E-state index in [1.54, 1.807) is 14.0 Å². The predicted octanol–water partition coefficient (Wildman–Crippen LogP) is -0.979. The average Bonchev–Trinajstić information content (AvgIpc) is 2.88. The van der Waals surface area contributed by atoms with E-state index in [-0.39, 0.29) is 30.9 Å². The van der Waals surface area contributed by atoms with Crippen molar-refractivity contribution >= 4 is 17.1 Å². The third kappa shape index (κ3) is 3.34. The molecule has 0 aromatic carbocycles. The number of hydrogen-bond acceptors (Lipinski definition) is 6. The number of imidazole rings is 1. The Labute approximate surface area is 132 Å². The van der Waals surface area contributed by atoms with Gasteiger partial charge in [-0.2, -0.15) is 0 Å². The largest absolute Gasteiger partial charge is 0.465 e. The van der Waals surface area contributed by atoms with E-state index in [0.29, 0.717) is 6.54 Å². The van der Waals surface area contributed by atoms with E-state index in [9.17, 15) is 14.4 Å². The van der Waals surface area contributed by atoms with Crippen molar-refractivity contribution < 1.29 is 9.53 Å². The lowest BCUT2D eigenvalue weighted by atomic mass is 10.4. The molecule has 0 radical (unpaired) electrons. The van der Waals surface area contributed by atoms with Gasteiger partial charge in [0, 0.05) is 20.1 Å². The van der Waals surface area contributed by atoms with Gasteiger partial charge in [0.05, 0.1) is 12.9 Å². The zero-order valence-electron chi connectivity index (χ0n) is 13.8. The monoisotopic (exact) mass is 323 g/mol. The van der Waals surface area contributed by atoms with E-state index < -0.39 is 17.2 Å². The topological polar surface area (TPSA) is 91.4 Å². The molecule has 0 spiro atoms. The quantitative estimate of drug-likeness (QED) is 0.635. The molecule has 126 valence electrons. The minimum Gasteiger partial charge on any atom is -0.465 e. The number of carbonyl (C=O) groups is 1. The highest BCUT2D eigenvalue weighted by Crippen LogP contribution is 2.06. The molecule has 0 atom stereocenters. The van der Waals surface area contributed by atoms with Crippen molar-refractivity contribution in [1.29, 1.82) is 0 Å². The Kier molecular flexibility index (Phi) is 4.99. The summed E-state index contributed by atoms with van der Waals surface area (Å²) in [5.41, 5.74) is -0.401. The number of nitrogens with zero attached hydrogens (tertiary/aromatic N) is 5. The molecule has 2 heterocycles. The molecule has 0 aliphatic rings. The molecule has 0 aliphatic heterocycles. The summed E-state index contributed by atoms with van der Waals surface area (Å²) in [7, 11) is 5.27. The summed E-state index contributed by atoms with van der Waals surface area (Å²) in [6.07, 6.45) is 1.37. The third-order valence-corrected chi connectivity index (χ3v) is 3.48. The highest BCUT2D eigenvalue weighted by molar-refractivity contribution is 5.75. The molecule has 0 saturated carbocycles. The van der Waals surface area contributed by atoms with Crippen LogP contribution in [0.2, 0.25) is 0 Å². The number of carbonyl (C=O) groups excluding carboxylic acids is 1. The number of esters is 1. The van der Waals surface area contributed by atoms with Gasteiger partial charge in [0.25, 0.3) is 5.56 Å². The summed E-state index contributed by atoms with van der Waals surface area (Å²) < 4.78 is 8.79. The van der Waals surface area contributed by atoms with Gasteiger partial charge in [0.15, 0.2) is 11.2 Å². The van der Waals surface area contributed by atoms with Gasteiger partial charge >= 0.3 is 11.7 Å². The van der Waals surface area contributed by atoms with Crippen LogP contribution in [0.3, 0.4) is 0 Å². The Hall–Kier alpha value is -2.42. The summed E-state index contributed by atoms with van der Waals surface area (Å²) in [4.78, 5) is 42.6. The van der Waals surface area contributed by atoms with Crippen LogP contribution in [0.15, 0.2) is 15.9 Å². The molecule has 0 saturated heterocycles. The first-order valence-electron chi connectivity index (χ1n) is 7.31. The van der Waals surface area contributed by atoms with Gasteiger partial charge in [-0.1, -0.05) is 0 Å². The molecule has 9 nitrogen and oxygen atoms in total. The van der Waals surface area contributed by atoms with Crippen LogP contribution in [0.4, 0.5) is 0 Å². The highest BCUT2D eigenvalue weighted by Gasteiger charge is 2.17. The van der Waals surface area contributed by atoms with Gasteiger partial charge in [-0.25, -0.2) is 9.78 Å².